The molecule has 3 aromatic heterocycles. The maximum absolute atomic E-state index is 13.0. The minimum atomic E-state index is -4.59. The van der Waals surface area contributed by atoms with E-state index in [-0.39, 0.29) is 39.2 Å². The molecule has 0 unspecified atom stereocenters. The number of halogens is 3. The molecule has 0 spiro atoms. The van der Waals surface area contributed by atoms with Crippen LogP contribution in [-0.2, 0) is 23.1 Å². The van der Waals surface area contributed by atoms with E-state index in [1.165, 1.54) is 18.5 Å². The molecule has 0 aromatic carbocycles. The Labute approximate surface area is 168 Å². The summed E-state index contributed by atoms with van der Waals surface area (Å²) in [6, 6.07) is 2.55. The van der Waals surface area contributed by atoms with Crippen molar-refractivity contribution in [3.05, 3.63) is 41.7 Å². The maximum atomic E-state index is 13.0. The second-order valence-electron chi connectivity index (χ2n) is 6.11. The van der Waals surface area contributed by atoms with Gasteiger partial charge >= 0.3 is 12.1 Å². The third kappa shape index (κ3) is 3.87. The van der Waals surface area contributed by atoms with Crippen molar-refractivity contribution in [1.29, 1.82) is 0 Å². The number of nitrogens with zero attached hydrogens (tertiary/aromatic N) is 5. The van der Waals surface area contributed by atoms with Crippen LogP contribution in [0.3, 0.4) is 0 Å². The average molecular weight is 441 g/mol. The summed E-state index contributed by atoms with van der Waals surface area (Å²) in [6.07, 6.45) is -2.65. The molecule has 0 aliphatic carbocycles. The summed E-state index contributed by atoms with van der Waals surface area (Å²) < 4.78 is 65.2. The van der Waals surface area contributed by atoms with Gasteiger partial charge < -0.3 is 9.67 Å². The number of hydrogen-bond donors (Lipinski definition) is 1. The van der Waals surface area contributed by atoms with Gasteiger partial charge in [0.2, 0.25) is 0 Å². The van der Waals surface area contributed by atoms with Gasteiger partial charge in [0.25, 0.3) is 0 Å². The Morgan fingerprint density at radius 3 is 2.43 bits per heavy atom. The Kier molecular flexibility index (Phi) is 5.33. The van der Waals surface area contributed by atoms with Crippen LogP contribution in [0.4, 0.5) is 13.2 Å². The van der Waals surface area contributed by atoms with Crippen LogP contribution in [-0.4, -0.2) is 50.0 Å². The first-order chi connectivity index (χ1) is 14.0. The Hall–Kier alpha value is -3.35. The number of sulfone groups is 1. The molecule has 0 fully saturated rings. The van der Waals surface area contributed by atoms with Crippen molar-refractivity contribution < 1.29 is 31.5 Å². The van der Waals surface area contributed by atoms with Crippen LogP contribution < -0.4 is 0 Å². The normalized spacial score (nSPS) is 12.2. The van der Waals surface area contributed by atoms with Crippen LogP contribution in [0.5, 0.6) is 0 Å². The molecule has 9 nitrogen and oxygen atoms in total. The number of carboxylic acid groups (broad SMARTS) is 1. The standard InChI is InChI=1S/C17H14F3N5O4S/c1-3-30(28,29)12-6-9(16(26)27)8-22-13(12)15-24-23-14(25(15)2)11-7-10(4-5-21-11)17(18,19)20/h4-8H,3H2,1-2H3,(H,26,27). The van der Waals surface area contributed by atoms with Crippen molar-refractivity contribution in [3.63, 3.8) is 0 Å². The lowest BCUT2D eigenvalue weighted by molar-refractivity contribution is -0.137. The van der Waals surface area contributed by atoms with Crippen molar-refractivity contribution in [2.75, 3.05) is 5.75 Å². The monoisotopic (exact) mass is 441 g/mol. The maximum Gasteiger partial charge on any atom is 0.416 e. The molecule has 3 rings (SSSR count). The minimum Gasteiger partial charge on any atom is -0.478 e. The quantitative estimate of drug-likeness (QED) is 0.640. The molecule has 30 heavy (non-hydrogen) atoms. The molecule has 13 heteroatoms. The third-order valence-corrected chi connectivity index (χ3v) is 5.96. The molecular weight excluding hydrogens is 427 g/mol. The van der Waals surface area contributed by atoms with Crippen LogP contribution in [0.2, 0.25) is 0 Å². The number of alkyl halides is 3. The van der Waals surface area contributed by atoms with E-state index in [1.54, 1.807) is 0 Å². The van der Waals surface area contributed by atoms with Crippen LogP contribution in [0.1, 0.15) is 22.8 Å². The Morgan fingerprint density at radius 1 is 1.17 bits per heavy atom. The van der Waals surface area contributed by atoms with Gasteiger partial charge in [-0.3, -0.25) is 9.97 Å². The molecule has 0 aliphatic rings. The zero-order valence-corrected chi connectivity index (χ0v) is 16.4. The van der Waals surface area contributed by atoms with Crippen molar-refractivity contribution in [2.24, 2.45) is 7.05 Å². The van der Waals surface area contributed by atoms with Gasteiger partial charge in [0.05, 0.1) is 21.8 Å². The Balaban J connectivity index is 2.19. The van der Waals surface area contributed by atoms with Crippen molar-refractivity contribution in [1.82, 2.24) is 24.7 Å². The van der Waals surface area contributed by atoms with E-state index in [9.17, 15) is 26.4 Å². The topological polar surface area (TPSA) is 128 Å². The zero-order chi connectivity index (χ0) is 22.3. The van der Waals surface area contributed by atoms with Gasteiger partial charge in [-0.15, -0.1) is 10.2 Å². The highest BCUT2D eigenvalue weighted by atomic mass is 32.2. The van der Waals surface area contributed by atoms with Crippen molar-refractivity contribution in [2.45, 2.75) is 18.0 Å². The van der Waals surface area contributed by atoms with Crippen molar-refractivity contribution >= 4 is 15.8 Å². The van der Waals surface area contributed by atoms with Gasteiger partial charge in [-0.25, -0.2) is 13.2 Å². The summed E-state index contributed by atoms with van der Waals surface area (Å²) in [7, 11) is -2.50. The van der Waals surface area contributed by atoms with Gasteiger partial charge in [0, 0.05) is 19.4 Å². The van der Waals surface area contributed by atoms with Gasteiger partial charge in [0.1, 0.15) is 11.4 Å². The molecule has 0 radical (unpaired) electrons. The molecule has 0 aliphatic heterocycles. The van der Waals surface area contributed by atoms with Crippen molar-refractivity contribution in [3.8, 4) is 23.0 Å². The first-order valence-electron chi connectivity index (χ1n) is 8.35. The lowest BCUT2D eigenvalue weighted by Gasteiger charge is -2.10. The van der Waals surface area contributed by atoms with Crippen LogP contribution >= 0.6 is 0 Å². The van der Waals surface area contributed by atoms with Crippen LogP contribution in [0.25, 0.3) is 23.0 Å². The minimum absolute atomic E-state index is 0.0555. The predicted octanol–water partition coefficient (Wildman–Crippen LogP) is 2.45. The SMILES string of the molecule is CCS(=O)(=O)c1cc(C(=O)O)cnc1-c1nnc(-c2cc(C(F)(F)F)ccn2)n1C. The lowest BCUT2D eigenvalue weighted by atomic mass is 10.2. The smallest absolute Gasteiger partial charge is 0.416 e. The first kappa shape index (κ1) is 21.4. The summed E-state index contributed by atoms with van der Waals surface area (Å²) in [6.45, 7) is 1.38. The number of aromatic nitrogens is 5. The molecule has 0 atom stereocenters. The van der Waals surface area contributed by atoms with E-state index >= 15 is 0 Å². The molecule has 158 valence electrons. The van der Waals surface area contributed by atoms with E-state index < -0.39 is 27.5 Å². The summed E-state index contributed by atoms with van der Waals surface area (Å²) >= 11 is 0. The highest BCUT2D eigenvalue weighted by Gasteiger charge is 2.31. The van der Waals surface area contributed by atoms with Gasteiger partial charge in [-0.1, -0.05) is 6.92 Å². The summed E-state index contributed by atoms with van der Waals surface area (Å²) in [4.78, 5) is 18.6. The number of pyridine rings is 2. The highest BCUT2D eigenvalue weighted by molar-refractivity contribution is 7.91. The predicted molar refractivity (Wildman–Crippen MR) is 97.2 cm³/mol. The van der Waals surface area contributed by atoms with Gasteiger partial charge in [-0.05, 0) is 18.2 Å². The fourth-order valence-electron chi connectivity index (χ4n) is 2.61. The van der Waals surface area contributed by atoms with Gasteiger partial charge in [-0.2, -0.15) is 13.2 Å². The van der Waals surface area contributed by atoms with Gasteiger partial charge in [0.15, 0.2) is 21.5 Å². The highest BCUT2D eigenvalue weighted by Crippen LogP contribution is 2.32. The Bertz CT molecular complexity index is 1240. The number of hydrogen-bond acceptors (Lipinski definition) is 7. The molecule has 0 amide bonds. The fraction of sp³-hybridized carbons (Fsp3) is 0.235. The van der Waals surface area contributed by atoms with Crippen LogP contribution in [0, 0.1) is 0 Å². The summed E-state index contributed by atoms with van der Waals surface area (Å²) in [5, 5.41) is 16.8. The second-order valence-corrected chi connectivity index (χ2v) is 8.36. The lowest BCUT2D eigenvalue weighted by Crippen LogP contribution is -2.11. The largest absolute Gasteiger partial charge is 0.478 e. The second kappa shape index (κ2) is 7.48. The van der Waals surface area contributed by atoms with E-state index in [2.05, 4.69) is 20.2 Å². The molecule has 1 N–H and O–H groups in total. The molecular formula is C17H14F3N5O4S. The molecule has 0 saturated carbocycles. The fourth-order valence-corrected chi connectivity index (χ4v) is 3.67. The molecule has 3 aromatic rings. The summed E-state index contributed by atoms with van der Waals surface area (Å²) in [5.41, 5.74) is -1.58. The van der Waals surface area contributed by atoms with E-state index in [4.69, 9.17) is 5.11 Å². The van der Waals surface area contributed by atoms with Crippen LogP contribution in [0.15, 0.2) is 35.5 Å². The zero-order valence-electron chi connectivity index (χ0n) is 15.5. The third-order valence-electron chi connectivity index (χ3n) is 4.22. The first-order valence-corrected chi connectivity index (χ1v) is 10.0. The van der Waals surface area contributed by atoms with E-state index in [0.29, 0.717) is 0 Å². The number of rotatable bonds is 5. The average Bonchev–Trinajstić information content (AvgIpc) is 3.08. The van der Waals surface area contributed by atoms with E-state index in [0.717, 1.165) is 30.6 Å². The number of carbonyl (C=O) groups is 1. The number of carboxylic acids is 1. The molecule has 0 saturated heterocycles. The Morgan fingerprint density at radius 2 is 1.83 bits per heavy atom. The van der Waals surface area contributed by atoms with E-state index in [1.807, 2.05) is 0 Å². The molecule has 3 heterocycles. The molecule has 0 bridgehead atoms. The number of aromatic carboxylic acids is 1. The summed E-state index contributed by atoms with van der Waals surface area (Å²) in [5.74, 6) is -1.83.